The SMILES string of the molecule is C[C@@H](NC1CCc2c(O)cccc21)c1cccc(Cl)c1. The van der Waals surface area contributed by atoms with Crippen molar-refractivity contribution in [2.75, 3.05) is 0 Å². The second-order valence-electron chi connectivity index (χ2n) is 5.38. The Kier molecular flexibility index (Phi) is 3.68. The zero-order valence-corrected chi connectivity index (χ0v) is 12.2. The van der Waals surface area contributed by atoms with E-state index >= 15 is 0 Å². The maximum Gasteiger partial charge on any atom is 0.119 e. The second kappa shape index (κ2) is 5.47. The lowest BCUT2D eigenvalue weighted by Crippen LogP contribution is -2.22. The van der Waals surface area contributed by atoms with E-state index in [1.165, 1.54) is 11.1 Å². The molecular formula is C17H18ClNO. The van der Waals surface area contributed by atoms with Crippen molar-refractivity contribution in [3.8, 4) is 5.75 Å². The zero-order valence-electron chi connectivity index (χ0n) is 11.4. The Bertz CT molecular complexity index is 626. The number of hydrogen-bond donors (Lipinski definition) is 2. The number of phenols is 1. The van der Waals surface area contributed by atoms with Gasteiger partial charge in [0.1, 0.15) is 5.75 Å². The third-order valence-electron chi connectivity index (χ3n) is 4.05. The molecule has 1 aliphatic carbocycles. The number of hydrogen-bond acceptors (Lipinski definition) is 2. The highest BCUT2D eigenvalue weighted by atomic mass is 35.5. The summed E-state index contributed by atoms with van der Waals surface area (Å²) >= 11 is 6.05. The molecule has 2 aromatic carbocycles. The van der Waals surface area contributed by atoms with Crippen LogP contribution in [0.3, 0.4) is 0 Å². The Morgan fingerprint density at radius 2 is 2.05 bits per heavy atom. The number of aromatic hydroxyl groups is 1. The van der Waals surface area contributed by atoms with Crippen molar-refractivity contribution >= 4 is 11.6 Å². The van der Waals surface area contributed by atoms with Crippen LogP contribution in [0.15, 0.2) is 42.5 Å². The molecule has 0 heterocycles. The van der Waals surface area contributed by atoms with Crippen LogP contribution in [0.2, 0.25) is 5.02 Å². The van der Waals surface area contributed by atoms with Gasteiger partial charge in [-0.25, -0.2) is 0 Å². The number of phenolic OH excluding ortho intramolecular Hbond substituents is 1. The fourth-order valence-corrected chi connectivity index (χ4v) is 3.18. The summed E-state index contributed by atoms with van der Waals surface area (Å²) in [5.41, 5.74) is 3.49. The van der Waals surface area contributed by atoms with E-state index in [9.17, 15) is 5.11 Å². The molecule has 2 aromatic rings. The predicted molar refractivity (Wildman–Crippen MR) is 82.2 cm³/mol. The second-order valence-corrected chi connectivity index (χ2v) is 5.82. The molecule has 104 valence electrons. The van der Waals surface area contributed by atoms with Crippen molar-refractivity contribution in [1.29, 1.82) is 0 Å². The monoisotopic (exact) mass is 287 g/mol. The van der Waals surface area contributed by atoms with Crippen LogP contribution in [-0.2, 0) is 6.42 Å². The molecule has 1 aliphatic rings. The predicted octanol–water partition coefficient (Wildman–Crippen LogP) is 4.38. The van der Waals surface area contributed by atoms with E-state index in [4.69, 9.17) is 11.6 Å². The van der Waals surface area contributed by atoms with Gasteiger partial charge in [-0.3, -0.25) is 0 Å². The minimum atomic E-state index is 0.229. The first-order chi connectivity index (χ1) is 9.65. The molecule has 0 radical (unpaired) electrons. The molecule has 0 spiro atoms. The van der Waals surface area contributed by atoms with Crippen molar-refractivity contribution < 1.29 is 5.11 Å². The molecule has 0 fully saturated rings. The molecule has 3 rings (SSSR count). The topological polar surface area (TPSA) is 32.3 Å². The Labute approximate surface area is 124 Å². The van der Waals surface area contributed by atoms with Gasteiger partial charge in [-0.05, 0) is 54.7 Å². The minimum Gasteiger partial charge on any atom is -0.508 e. The Hall–Kier alpha value is -1.51. The Morgan fingerprint density at radius 3 is 2.85 bits per heavy atom. The fourth-order valence-electron chi connectivity index (χ4n) is 2.98. The van der Waals surface area contributed by atoms with E-state index in [1.54, 1.807) is 6.07 Å². The van der Waals surface area contributed by atoms with Crippen molar-refractivity contribution in [3.05, 3.63) is 64.2 Å². The summed E-state index contributed by atoms with van der Waals surface area (Å²) in [5, 5.41) is 14.3. The lowest BCUT2D eigenvalue weighted by Gasteiger charge is -2.21. The van der Waals surface area contributed by atoms with Gasteiger partial charge in [0.15, 0.2) is 0 Å². The van der Waals surface area contributed by atoms with Crippen molar-refractivity contribution in [3.63, 3.8) is 0 Å². The van der Waals surface area contributed by atoms with E-state index in [0.29, 0.717) is 11.8 Å². The normalized spacial score (nSPS) is 18.8. The molecule has 0 aromatic heterocycles. The van der Waals surface area contributed by atoms with Crippen molar-refractivity contribution in [2.24, 2.45) is 0 Å². The molecule has 3 heteroatoms. The zero-order chi connectivity index (χ0) is 14.1. The average molecular weight is 288 g/mol. The molecule has 0 amide bonds. The maximum absolute atomic E-state index is 9.89. The van der Waals surface area contributed by atoms with Crippen molar-refractivity contribution in [2.45, 2.75) is 31.8 Å². The van der Waals surface area contributed by atoms with Gasteiger partial charge in [0.25, 0.3) is 0 Å². The third kappa shape index (κ3) is 2.54. The van der Waals surface area contributed by atoms with Crippen LogP contribution in [-0.4, -0.2) is 5.11 Å². The van der Waals surface area contributed by atoms with Gasteiger partial charge in [-0.15, -0.1) is 0 Å². The smallest absolute Gasteiger partial charge is 0.119 e. The van der Waals surface area contributed by atoms with Crippen LogP contribution in [0.4, 0.5) is 0 Å². The molecule has 0 aliphatic heterocycles. The molecule has 0 saturated carbocycles. The first-order valence-electron chi connectivity index (χ1n) is 6.97. The van der Waals surface area contributed by atoms with Crippen LogP contribution in [0, 0.1) is 0 Å². The highest BCUT2D eigenvalue weighted by molar-refractivity contribution is 6.30. The molecule has 2 N–H and O–H groups in total. The number of nitrogens with one attached hydrogen (secondary N) is 1. The summed E-state index contributed by atoms with van der Waals surface area (Å²) in [5.74, 6) is 0.419. The maximum atomic E-state index is 9.89. The summed E-state index contributed by atoms with van der Waals surface area (Å²) in [6.45, 7) is 2.15. The van der Waals surface area contributed by atoms with Crippen LogP contribution >= 0.6 is 11.6 Å². The standard InChI is InChI=1S/C17H18ClNO/c1-11(12-4-2-5-13(18)10-12)19-16-9-8-15-14(16)6-3-7-17(15)20/h2-7,10-11,16,19-20H,8-9H2,1H3/t11-,16?/m1/s1. The molecule has 2 nitrogen and oxygen atoms in total. The van der Waals surface area contributed by atoms with E-state index in [-0.39, 0.29) is 6.04 Å². The Balaban J connectivity index is 1.79. The summed E-state index contributed by atoms with van der Waals surface area (Å²) in [4.78, 5) is 0. The summed E-state index contributed by atoms with van der Waals surface area (Å²) in [7, 11) is 0. The molecule has 20 heavy (non-hydrogen) atoms. The van der Waals surface area contributed by atoms with Gasteiger partial charge in [-0.2, -0.15) is 0 Å². The van der Waals surface area contributed by atoms with Gasteiger partial charge in [0.2, 0.25) is 0 Å². The van der Waals surface area contributed by atoms with Crippen LogP contribution in [0.25, 0.3) is 0 Å². The van der Waals surface area contributed by atoms with Gasteiger partial charge in [0, 0.05) is 17.1 Å². The quantitative estimate of drug-likeness (QED) is 0.878. The van der Waals surface area contributed by atoms with Crippen molar-refractivity contribution in [1.82, 2.24) is 5.32 Å². The number of fused-ring (bicyclic) bond motifs is 1. The number of benzene rings is 2. The van der Waals surface area contributed by atoms with Crippen LogP contribution in [0.1, 0.15) is 42.1 Å². The highest BCUT2D eigenvalue weighted by Crippen LogP contribution is 2.37. The number of rotatable bonds is 3. The fraction of sp³-hybridized carbons (Fsp3) is 0.294. The highest BCUT2D eigenvalue weighted by Gasteiger charge is 2.25. The van der Waals surface area contributed by atoms with Gasteiger partial charge in [-0.1, -0.05) is 35.9 Å². The van der Waals surface area contributed by atoms with E-state index in [1.807, 2.05) is 24.3 Å². The molecule has 0 bridgehead atoms. The first kappa shape index (κ1) is 13.5. The largest absolute Gasteiger partial charge is 0.508 e. The van der Waals surface area contributed by atoms with Crippen LogP contribution < -0.4 is 5.32 Å². The summed E-state index contributed by atoms with van der Waals surface area (Å²) < 4.78 is 0. The van der Waals surface area contributed by atoms with E-state index < -0.39 is 0 Å². The third-order valence-corrected chi connectivity index (χ3v) is 4.28. The van der Waals surface area contributed by atoms with E-state index in [2.05, 4.69) is 24.4 Å². The summed E-state index contributed by atoms with van der Waals surface area (Å²) in [6, 6.07) is 14.3. The molecule has 1 unspecified atom stereocenters. The minimum absolute atomic E-state index is 0.229. The lowest BCUT2D eigenvalue weighted by atomic mass is 10.0. The molecule has 0 saturated heterocycles. The lowest BCUT2D eigenvalue weighted by molar-refractivity contribution is 0.465. The van der Waals surface area contributed by atoms with Gasteiger partial charge < -0.3 is 10.4 Å². The Morgan fingerprint density at radius 1 is 1.25 bits per heavy atom. The van der Waals surface area contributed by atoms with Crippen LogP contribution in [0.5, 0.6) is 5.75 Å². The number of halogens is 1. The summed E-state index contributed by atoms with van der Waals surface area (Å²) in [6.07, 6.45) is 1.96. The average Bonchev–Trinajstić information content (AvgIpc) is 2.83. The molecular weight excluding hydrogens is 270 g/mol. The molecule has 2 atom stereocenters. The van der Waals surface area contributed by atoms with E-state index in [0.717, 1.165) is 23.4 Å². The van der Waals surface area contributed by atoms with Gasteiger partial charge >= 0.3 is 0 Å². The first-order valence-corrected chi connectivity index (χ1v) is 7.35. The van der Waals surface area contributed by atoms with Gasteiger partial charge in [0.05, 0.1) is 0 Å².